The number of amides is 1. The minimum Gasteiger partial charge on any atom is -0.491 e. The minimum absolute atomic E-state index is 0.0749. The number of rotatable bonds is 4. The van der Waals surface area contributed by atoms with Crippen LogP contribution in [0.2, 0.25) is 0 Å². The van der Waals surface area contributed by atoms with Crippen LogP contribution in [0, 0.1) is 11.2 Å². The normalized spacial score (nSPS) is 25.8. The first kappa shape index (κ1) is 22.4. The van der Waals surface area contributed by atoms with Crippen LogP contribution in [-0.4, -0.2) is 65.7 Å². The van der Waals surface area contributed by atoms with Gasteiger partial charge in [-0.05, 0) is 32.4 Å². The lowest BCUT2D eigenvalue weighted by Gasteiger charge is -2.20. The molecule has 1 aromatic carbocycles. The van der Waals surface area contributed by atoms with E-state index in [9.17, 15) is 14.3 Å². The van der Waals surface area contributed by atoms with Gasteiger partial charge in [-0.1, -0.05) is 11.6 Å². The number of hydrogen-bond donors (Lipinski definition) is 4. The Bertz CT molecular complexity index is 1070. The Hall–Kier alpha value is -2.75. The van der Waals surface area contributed by atoms with Crippen molar-refractivity contribution >= 4 is 28.9 Å². The molecular formula is C22H25ClFN5O3. The number of nitrogens with zero attached hydrogens (tertiary/aromatic N) is 2. The van der Waals surface area contributed by atoms with Crippen molar-refractivity contribution in [2.24, 2.45) is 4.99 Å². The van der Waals surface area contributed by atoms with Crippen LogP contribution >= 0.6 is 11.6 Å². The van der Waals surface area contributed by atoms with Crippen molar-refractivity contribution in [3.63, 3.8) is 0 Å². The van der Waals surface area contributed by atoms with Crippen LogP contribution in [0.25, 0.3) is 0 Å². The number of aliphatic imine (C=N–C) groups is 1. The van der Waals surface area contributed by atoms with Gasteiger partial charge in [0.25, 0.3) is 5.91 Å². The molecule has 0 spiro atoms. The molecule has 4 rings (SSSR count). The molecule has 2 atom stereocenters. The molecule has 0 aromatic heterocycles. The first-order chi connectivity index (χ1) is 15.2. The quantitative estimate of drug-likeness (QED) is 0.549. The predicted octanol–water partition coefficient (Wildman–Crippen LogP) is 2.15. The molecule has 0 bridgehead atoms. The maximum absolute atomic E-state index is 13.9. The van der Waals surface area contributed by atoms with Gasteiger partial charge in [0.05, 0.1) is 41.2 Å². The molecule has 2 saturated heterocycles. The van der Waals surface area contributed by atoms with Crippen molar-refractivity contribution in [2.75, 3.05) is 26.2 Å². The number of benzene rings is 1. The Morgan fingerprint density at radius 1 is 1.41 bits per heavy atom. The van der Waals surface area contributed by atoms with E-state index in [0.29, 0.717) is 35.1 Å². The number of halogens is 2. The summed E-state index contributed by atoms with van der Waals surface area (Å²) < 4.78 is 19.6. The third-order valence-corrected chi connectivity index (χ3v) is 6.24. The van der Waals surface area contributed by atoms with Gasteiger partial charge in [-0.15, -0.1) is 0 Å². The lowest BCUT2D eigenvalue weighted by molar-refractivity contribution is 0.0798. The monoisotopic (exact) mass is 461 g/mol. The number of aliphatic hydroxyl groups excluding tert-OH is 1. The Balaban J connectivity index is 1.53. The van der Waals surface area contributed by atoms with Gasteiger partial charge in [-0.2, -0.15) is 0 Å². The van der Waals surface area contributed by atoms with Crippen LogP contribution in [0.4, 0.5) is 4.39 Å². The van der Waals surface area contributed by atoms with E-state index in [0.717, 1.165) is 5.70 Å². The average Bonchev–Trinajstić information content (AvgIpc) is 3.35. The van der Waals surface area contributed by atoms with Gasteiger partial charge in [-0.25, -0.2) is 9.38 Å². The summed E-state index contributed by atoms with van der Waals surface area (Å²) in [4.78, 5) is 19.2. The van der Waals surface area contributed by atoms with Crippen molar-refractivity contribution in [3.05, 3.63) is 51.7 Å². The van der Waals surface area contributed by atoms with Crippen LogP contribution in [0.15, 0.2) is 45.3 Å². The molecule has 32 heavy (non-hydrogen) atoms. The molecule has 1 aromatic rings. The van der Waals surface area contributed by atoms with E-state index < -0.39 is 11.9 Å². The molecule has 3 aliphatic rings. The number of β-amino-alcohol motifs (C(OH)–C–C–N with tert-alkyl or cyclic N) is 1. The van der Waals surface area contributed by atoms with Crippen molar-refractivity contribution < 1.29 is 19.0 Å². The van der Waals surface area contributed by atoms with E-state index >= 15 is 0 Å². The Morgan fingerprint density at radius 2 is 2.19 bits per heavy atom. The number of carbonyl (C=O) groups is 1. The molecule has 3 aliphatic heterocycles. The number of carbonyl (C=O) groups excluding carboxylic acids is 1. The summed E-state index contributed by atoms with van der Waals surface area (Å²) in [5.41, 5.74) is 2.48. The Morgan fingerprint density at radius 3 is 2.88 bits per heavy atom. The standard InChI is InChI=1S/C22H25ClFN5O3/c1-11-20(23)12(2)28-21(27-11)17-8-29(9-18(17)25)22(31)16-4-3-13(24)5-19(16)32-10-14-6-15(30)7-26-14/h3-5,14-15,25-27,30H,6-10H2,1-2H3/b21-17+,25-18?. The third-order valence-electron chi connectivity index (χ3n) is 5.68. The lowest BCUT2D eigenvalue weighted by atomic mass is 10.1. The molecule has 3 heterocycles. The topological polar surface area (TPSA) is 110 Å². The highest BCUT2D eigenvalue weighted by atomic mass is 35.5. The van der Waals surface area contributed by atoms with Crippen molar-refractivity contribution in [2.45, 2.75) is 32.4 Å². The van der Waals surface area contributed by atoms with E-state index in [1.165, 1.54) is 23.1 Å². The summed E-state index contributed by atoms with van der Waals surface area (Å²) in [6, 6.07) is 3.72. The fraction of sp³-hybridized carbons (Fsp3) is 0.409. The molecule has 0 aliphatic carbocycles. The second kappa shape index (κ2) is 9.01. The Kier molecular flexibility index (Phi) is 6.32. The summed E-state index contributed by atoms with van der Waals surface area (Å²) in [6.07, 6.45) is 0.0937. The van der Waals surface area contributed by atoms with E-state index in [-0.39, 0.29) is 48.7 Å². The first-order valence-corrected chi connectivity index (χ1v) is 10.7. The number of ether oxygens (including phenoxy) is 1. The van der Waals surface area contributed by atoms with E-state index in [1.807, 2.05) is 6.92 Å². The van der Waals surface area contributed by atoms with Crippen LogP contribution in [0.5, 0.6) is 5.75 Å². The van der Waals surface area contributed by atoms with Crippen molar-refractivity contribution in [1.82, 2.24) is 15.5 Å². The molecule has 0 saturated carbocycles. The van der Waals surface area contributed by atoms with Gasteiger partial charge in [0.1, 0.15) is 24.0 Å². The largest absolute Gasteiger partial charge is 0.491 e. The lowest BCUT2D eigenvalue weighted by Crippen LogP contribution is -2.31. The number of aliphatic hydroxyl groups is 1. The summed E-state index contributed by atoms with van der Waals surface area (Å²) in [5, 5.41) is 24.8. The molecule has 8 nitrogen and oxygen atoms in total. The summed E-state index contributed by atoms with van der Waals surface area (Å²) >= 11 is 6.18. The molecule has 1 amide bonds. The van der Waals surface area contributed by atoms with Crippen LogP contribution in [-0.2, 0) is 0 Å². The molecule has 170 valence electrons. The zero-order chi connectivity index (χ0) is 23.0. The maximum atomic E-state index is 13.9. The second-order valence-corrected chi connectivity index (χ2v) is 8.55. The molecule has 2 fully saturated rings. The van der Waals surface area contributed by atoms with Crippen molar-refractivity contribution in [1.29, 1.82) is 5.41 Å². The molecular weight excluding hydrogens is 437 g/mol. The number of hydrogen-bond acceptors (Lipinski definition) is 7. The van der Waals surface area contributed by atoms with E-state index in [4.69, 9.17) is 21.7 Å². The van der Waals surface area contributed by atoms with Gasteiger partial charge in [0.2, 0.25) is 0 Å². The molecule has 0 radical (unpaired) electrons. The van der Waals surface area contributed by atoms with Crippen LogP contribution in [0.3, 0.4) is 0 Å². The van der Waals surface area contributed by atoms with Crippen LogP contribution in [0.1, 0.15) is 30.6 Å². The summed E-state index contributed by atoms with van der Waals surface area (Å²) in [5.74, 6) is -0.225. The van der Waals surface area contributed by atoms with E-state index in [1.54, 1.807) is 6.92 Å². The van der Waals surface area contributed by atoms with Crippen molar-refractivity contribution in [3.8, 4) is 5.75 Å². The van der Waals surface area contributed by atoms with Gasteiger partial charge in [-0.3, -0.25) is 4.79 Å². The highest BCUT2D eigenvalue weighted by molar-refractivity contribution is 6.43. The predicted molar refractivity (Wildman–Crippen MR) is 120 cm³/mol. The summed E-state index contributed by atoms with van der Waals surface area (Å²) in [6.45, 7) is 4.59. The smallest absolute Gasteiger partial charge is 0.258 e. The highest BCUT2D eigenvalue weighted by Crippen LogP contribution is 2.27. The van der Waals surface area contributed by atoms with Gasteiger partial charge in [0.15, 0.2) is 0 Å². The highest BCUT2D eigenvalue weighted by Gasteiger charge is 2.32. The SMILES string of the molecule is CC1=N/C(=C2\CN(C(=O)c3ccc(F)cc3OCC3CC(O)CN3)CC2=N)NC(C)=C1Cl. The fourth-order valence-corrected chi connectivity index (χ4v) is 4.05. The Labute approximate surface area is 190 Å². The zero-order valence-corrected chi connectivity index (χ0v) is 18.6. The van der Waals surface area contributed by atoms with Gasteiger partial charge >= 0.3 is 0 Å². The third kappa shape index (κ3) is 4.55. The molecule has 2 unspecified atom stereocenters. The fourth-order valence-electron chi connectivity index (χ4n) is 3.96. The average molecular weight is 462 g/mol. The minimum atomic E-state index is -0.511. The summed E-state index contributed by atoms with van der Waals surface area (Å²) in [7, 11) is 0. The zero-order valence-electron chi connectivity index (χ0n) is 17.8. The maximum Gasteiger partial charge on any atom is 0.258 e. The molecule has 10 heteroatoms. The molecule has 4 N–H and O–H groups in total. The first-order valence-electron chi connectivity index (χ1n) is 10.4. The van der Waals surface area contributed by atoms with Gasteiger partial charge < -0.3 is 30.8 Å². The number of likely N-dealkylation sites (tertiary alicyclic amines) is 1. The van der Waals surface area contributed by atoms with Gasteiger partial charge in [0, 0.05) is 29.9 Å². The number of nitrogens with one attached hydrogen (secondary N) is 3. The van der Waals surface area contributed by atoms with Crippen LogP contribution < -0.4 is 15.4 Å². The second-order valence-electron chi connectivity index (χ2n) is 8.17. The number of allylic oxidation sites excluding steroid dienone is 2. The van der Waals surface area contributed by atoms with E-state index in [2.05, 4.69) is 15.6 Å².